The fraction of sp³-hybridized carbons (Fsp3) is 0.600. The lowest BCUT2D eigenvalue weighted by Crippen LogP contribution is -2.47. The van der Waals surface area contributed by atoms with Crippen LogP contribution >= 0.6 is 0 Å². The van der Waals surface area contributed by atoms with Crippen LogP contribution in [0.1, 0.15) is 16.7 Å². The van der Waals surface area contributed by atoms with Crippen molar-refractivity contribution in [3.63, 3.8) is 0 Å². The molecule has 1 saturated heterocycles. The Kier molecular flexibility index (Phi) is 4.75. The zero-order valence-corrected chi connectivity index (χ0v) is 11.7. The van der Waals surface area contributed by atoms with Crippen molar-refractivity contribution in [2.45, 2.75) is 20.4 Å². The molecule has 2 rings (SSSR count). The lowest BCUT2D eigenvalue weighted by atomic mass is 10.0. The van der Waals surface area contributed by atoms with Gasteiger partial charge in [0.05, 0.1) is 0 Å². The minimum atomic E-state index is 0.775. The second kappa shape index (κ2) is 6.32. The smallest absolute Gasteiger partial charge is 0.0240 e. The van der Waals surface area contributed by atoms with Crippen LogP contribution in [-0.2, 0) is 6.54 Å². The summed E-state index contributed by atoms with van der Waals surface area (Å²) in [7, 11) is 0. The molecule has 1 aromatic carbocycles. The van der Waals surface area contributed by atoms with Crippen LogP contribution in [0.4, 0.5) is 0 Å². The molecule has 1 heterocycles. The molecule has 0 unspecified atom stereocenters. The molecule has 0 aliphatic carbocycles. The molecule has 0 spiro atoms. The van der Waals surface area contributed by atoms with Crippen LogP contribution in [0.25, 0.3) is 0 Å². The molecule has 0 amide bonds. The molecule has 3 nitrogen and oxygen atoms in total. The molecule has 1 aliphatic heterocycles. The molecular formula is C15H25N3. The first-order valence-electron chi connectivity index (χ1n) is 6.90. The minimum absolute atomic E-state index is 0.775. The van der Waals surface area contributed by atoms with Gasteiger partial charge in [-0.1, -0.05) is 18.2 Å². The maximum atomic E-state index is 5.60. The first-order valence-corrected chi connectivity index (χ1v) is 6.90. The molecule has 1 fully saturated rings. The van der Waals surface area contributed by atoms with E-state index in [0.29, 0.717) is 0 Å². The van der Waals surface area contributed by atoms with Gasteiger partial charge in [-0.25, -0.2) is 0 Å². The lowest BCUT2D eigenvalue weighted by Gasteiger charge is -2.35. The highest BCUT2D eigenvalue weighted by Gasteiger charge is 2.17. The molecule has 100 valence electrons. The monoisotopic (exact) mass is 247 g/mol. The van der Waals surface area contributed by atoms with Crippen LogP contribution < -0.4 is 5.73 Å². The van der Waals surface area contributed by atoms with Crippen molar-refractivity contribution in [3.05, 3.63) is 34.9 Å². The predicted molar refractivity (Wildman–Crippen MR) is 76.7 cm³/mol. The van der Waals surface area contributed by atoms with Crippen LogP contribution in [0.15, 0.2) is 18.2 Å². The number of hydrogen-bond acceptors (Lipinski definition) is 3. The van der Waals surface area contributed by atoms with Gasteiger partial charge < -0.3 is 5.73 Å². The highest BCUT2D eigenvalue weighted by molar-refractivity contribution is 5.33. The average molecular weight is 247 g/mol. The van der Waals surface area contributed by atoms with Gasteiger partial charge >= 0.3 is 0 Å². The molecule has 3 heteroatoms. The lowest BCUT2D eigenvalue weighted by molar-refractivity contribution is 0.129. The van der Waals surface area contributed by atoms with Crippen LogP contribution in [0, 0.1) is 13.8 Å². The Hall–Kier alpha value is -0.900. The van der Waals surface area contributed by atoms with Crippen molar-refractivity contribution in [2.75, 3.05) is 39.3 Å². The van der Waals surface area contributed by atoms with E-state index in [9.17, 15) is 0 Å². The van der Waals surface area contributed by atoms with Gasteiger partial charge in [0.1, 0.15) is 0 Å². The Labute approximate surface area is 111 Å². The van der Waals surface area contributed by atoms with E-state index >= 15 is 0 Å². The summed E-state index contributed by atoms with van der Waals surface area (Å²) in [6, 6.07) is 6.58. The maximum Gasteiger partial charge on any atom is 0.0240 e. The number of nitrogens with two attached hydrogens (primary N) is 1. The highest BCUT2D eigenvalue weighted by atomic mass is 15.3. The van der Waals surface area contributed by atoms with E-state index in [4.69, 9.17) is 5.73 Å². The Bertz CT molecular complexity index is 361. The van der Waals surface area contributed by atoms with Crippen LogP contribution in [-0.4, -0.2) is 49.1 Å². The fourth-order valence-electron chi connectivity index (χ4n) is 2.68. The molecule has 2 N–H and O–H groups in total. The van der Waals surface area contributed by atoms with Crippen molar-refractivity contribution in [2.24, 2.45) is 5.73 Å². The number of nitrogens with zero attached hydrogens (tertiary/aromatic N) is 2. The number of piperazine rings is 1. The average Bonchev–Trinajstić information content (AvgIpc) is 2.36. The van der Waals surface area contributed by atoms with Gasteiger partial charge in [0.25, 0.3) is 0 Å². The van der Waals surface area contributed by atoms with Crippen LogP contribution in [0.5, 0.6) is 0 Å². The second-order valence-electron chi connectivity index (χ2n) is 5.28. The first kappa shape index (κ1) is 13.5. The van der Waals surface area contributed by atoms with Gasteiger partial charge in [-0.05, 0) is 30.5 Å². The van der Waals surface area contributed by atoms with Gasteiger partial charge in [-0.2, -0.15) is 0 Å². The highest BCUT2D eigenvalue weighted by Crippen LogP contribution is 2.16. The van der Waals surface area contributed by atoms with Gasteiger partial charge in [0.15, 0.2) is 0 Å². The SMILES string of the molecule is Cc1cccc(C)c1CN1CCN(CCN)CC1. The summed E-state index contributed by atoms with van der Waals surface area (Å²) >= 11 is 0. The molecule has 0 saturated carbocycles. The second-order valence-corrected chi connectivity index (χ2v) is 5.28. The Morgan fingerprint density at radius 1 is 1.00 bits per heavy atom. The summed E-state index contributed by atoms with van der Waals surface area (Å²) in [6.45, 7) is 12.0. The van der Waals surface area contributed by atoms with Crippen molar-refractivity contribution < 1.29 is 0 Å². The minimum Gasteiger partial charge on any atom is -0.329 e. The molecule has 0 atom stereocenters. The summed E-state index contributed by atoms with van der Waals surface area (Å²) in [5.41, 5.74) is 9.94. The summed E-state index contributed by atoms with van der Waals surface area (Å²) < 4.78 is 0. The van der Waals surface area contributed by atoms with Crippen molar-refractivity contribution in [1.29, 1.82) is 0 Å². The molecular weight excluding hydrogens is 222 g/mol. The zero-order chi connectivity index (χ0) is 13.0. The van der Waals surface area contributed by atoms with Crippen LogP contribution in [0.2, 0.25) is 0 Å². The number of benzene rings is 1. The first-order chi connectivity index (χ1) is 8.70. The number of aryl methyl sites for hydroxylation is 2. The molecule has 1 aliphatic rings. The maximum absolute atomic E-state index is 5.60. The predicted octanol–water partition coefficient (Wildman–Crippen LogP) is 1.38. The van der Waals surface area contributed by atoms with E-state index in [-0.39, 0.29) is 0 Å². The van der Waals surface area contributed by atoms with Crippen molar-refractivity contribution >= 4 is 0 Å². The van der Waals surface area contributed by atoms with Gasteiger partial charge in [-0.3, -0.25) is 9.80 Å². The summed E-state index contributed by atoms with van der Waals surface area (Å²) in [5, 5.41) is 0. The van der Waals surface area contributed by atoms with E-state index in [2.05, 4.69) is 41.8 Å². The summed E-state index contributed by atoms with van der Waals surface area (Å²) in [5.74, 6) is 0. The fourth-order valence-corrected chi connectivity index (χ4v) is 2.68. The standard InChI is InChI=1S/C15H25N3/c1-13-4-3-5-14(2)15(13)12-18-10-8-17(7-6-16)9-11-18/h3-5H,6-12,16H2,1-2H3. The molecule has 0 radical (unpaired) electrons. The largest absolute Gasteiger partial charge is 0.329 e. The summed E-state index contributed by atoms with van der Waals surface area (Å²) in [4.78, 5) is 5.02. The van der Waals surface area contributed by atoms with E-state index < -0.39 is 0 Å². The normalized spacial score (nSPS) is 18.2. The summed E-state index contributed by atoms with van der Waals surface area (Å²) in [6.07, 6.45) is 0. The number of rotatable bonds is 4. The Morgan fingerprint density at radius 2 is 1.56 bits per heavy atom. The van der Waals surface area contributed by atoms with E-state index in [1.165, 1.54) is 16.7 Å². The molecule has 0 bridgehead atoms. The third kappa shape index (κ3) is 3.31. The van der Waals surface area contributed by atoms with Crippen molar-refractivity contribution in [3.8, 4) is 0 Å². The Morgan fingerprint density at radius 3 is 2.11 bits per heavy atom. The molecule has 0 aromatic heterocycles. The van der Waals surface area contributed by atoms with E-state index in [0.717, 1.165) is 45.8 Å². The van der Waals surface area contributed by atoms with E-state index in [1.807, 2.05) is 0 Å². The van der Waals surface area contributed by atoms with Crippen molar-refractivity contribution in [1.82, 2.24) is 9.80 Å². The van der Waals surface area contributed by atoms with Gasteiger partial charge in [0, 0.05) is 45.8 Å². The molecule has 18 heavy (non-hydrogen) atoms. The third-order valence-corrected chi connectivity index (χ3v) is 3.94. The van der Waals surface area contributed by atoms with Gasteiger partial charge in [0.2, 0.25) is 0 Å². The quantitative estimate of drug-likeness (QED) is 0.872. The molecule has 1 aromatic rings. The number of hydrogen-bond donors (Lipinski definition) is 1. The third-order valence-electron chi connectivity index (χ3n) is 3.94. The van der Waals surface area contributed by atoms with Crippen LogP contribution in [0.3, 0.4) is 0 Å². The topological polar surface area (TPSA) is 32.5 Å². The Balaban J connectivity index is 1.92. The zero-order valence-electron chi connectivity index (χ0n) is 11.7. The van der Waals surface area contributed by atoms with E-state index in [1.54, 1.807) is 0 Å². The van der Waals surface area contributed by atoms with Gasteiger partial charge in [-0.15, -0.1) is 0 Å².